The van der Waals surface area contributed by atoms with Crippen molar-refractivity contribution in [2.45, 2.75) is 24.9 Å². The van der Waals surface area contributed by atoms with Gasteiger partial charge < -0.3 is 4.74 Å². The van der Waals surface area contributed by atoms with Crippen LogP contribution in [0, 0.1) is 11.8 Å². The van der Waals surface area contributed by atoms with E-state index in [4.69, 9.17) is 0 Å². The minimum absolute atomic E-state index is 0.263. The van der Waals surface area contributed by atoms with Crippen molar-refractivity contribution in [1.82, 2.24) is 0 Å². The first-order valence-electron chi connectivity index (χ1n) is 3.98. The highest BCUT2D eigenvalue weighted by atomic mass is 19.4. The molecule has 17 heavy (non-hydrogen) atoms. The van der Waals surface area contributed by atoms with Crippen molar-refractivity contribution >= 4 is 5.97 Å². The molecule has 98 valence electrons. The Morgan fingerprint density at radius 1 is 1.12 bits per heavy atom. The third kappa shape index (κ3) is 3.51. The van der Waals surface area contributed by atoms with Crippen molar-refractivity contribution in [1.29, 1.82) is 0 Å². The molecule has 0 aliphatic heterocycles. The van der Waals surface area contributed by atoms with Crippen molar-refractivity contribution in [2.24, 2.45) is 0 Å². The van der Waals surface area contributed by atoms with Crippen molar-refractivity contribution in [3.05, 3.63) is 0 Å². The van der Waals surface area contributed by atoms with Gasteiger partial charge >= 0.3 is 24.0 Å². The zero-order valence-corrected chi connectivity index (χ0v) is 8.17. The van der Waals surface area contributed by atoms with E-state index in [2.05, 4.69) is 4.74 Å². The number of halogens is 7. The van der Waals surface area contributed by atoms with Crippen LogP contribution in [0.2, 0.25) is 0 Å². The largest absolute Gasteiger partial charge is 0.461 e. The van der Waals surface area contributed by atoms with E-state index in [0.29, 0.717) is 0 Å². The molecule has 0 spiro atoms. The van der Waals surface area contributed by atoms with Gasteiger partial charge in [0.25, 0.3) is 0 Å². The summed E-state index contributed by atoms with van der Waals surface area (Å²) < 4.78 is 88.0. The molecule has 0 atom stereocenters. The van der Waals surface area contributed by atoms with Gasteiger partial charge in [-0.15, -0.1) is 0 Å². The molecule has 0 unspecified atom stereocenters. The summed E-state index contributed by atoms with van der Waals surface area (Å²) in [4.78, 5) is 10.4. The van der Waals surface area contributed by atoms with Crippen LogP contribution in [0.25, 0.3) is 0 Å². The molecule has 9 heteroatoms. The maximum absolute atomic E-state index is 12.4. The molecule has 0 bridgehead atoms. The third-order valence-corrected chi connectivity index (χ3v) is 1.35. The minimum Gasteiger partial charge on any atom is -0.456 e. The lowest BCUT2D eigenvalue weighted by Gasteiger charge is -2.23. The summed E-state index contributed by atoms with van der Waals surface area (Å²) in [5.41, 5.74) is 0. The molecule has 2 nitrogen and oxygen atoms in total. The molecule has 0 saturated carbocycles. The first-order valence-corrected chi connectivity index (χ1v) is 3.98. The molecule has 0 aromatic carbocycles. The molecule has 0 aliphatic rings. The summed E-state index contributed by atoms with van der Waals surface area (Å²) in [6.45, 7) is 0.983. The van der Waals surface area contributed by atoms with Gasteiger partial charge in [-0.1, -0.05) is 0 Å². The second-order valence-electron chi connectivity index (χ2n) is 2.62. The predicted octanol–water partition coefficient (Wildman–Crippen LogP) is 2.39. The summed E-state index contributed by atoms with van der Waals surface area (Å²) in [5.74, 6) is -12.6. The highest BCUT2D eigenvalue weighted by Gasteiger charge is 2.72. The van der Waals surface area contributed by atoms with Gasteiger partial charge in [-0.25, -0.2) is 4.79 Å². The van der Waals surface area contributed by atoms with Crippen molar-refractivity contribution < 1.29 is 40.3 Å². The zero-order chi connectivity index (χ0) is 13.9. The van der Waals surface area contributed by atoms with E-state index in [1.165, 1.54) is 6.92 Å². The Labute approximate surface area is 90.7 Å². The standard InChI is InChI=1S/C8H5F7O2/c1-2-17-5(16)3-4-6(9,10)7(11,12)8(13,14)15/h2H2,1H3. The molecular weight excluding hydrogens is 261 g/mol. The lowest BCUT2D eigenvalue weighted by Crippen LogP contribution is -2.51. The first-order chi connectivity index (χ1) is 7.45. The maximum Gasteiger partial charge on any atom is 0.461 e. The van der Waals surface area contributed by atoms with E-state index in [1.807, 2.05) is 0 Å². The van der Waals surface area contributed by atoms with E-state index >= 15 is 0 Å². The van der Waals surface area contributed by atoms with E-state index in [1.54, 1.807) is 0 Å². The second-order valence-corrected chi connectivity index (χ2v) is 2.62. The SMILES string of the molecule is CCOC(=O)C#CC(F)(F)C(F)(F)C(F)(F)F. The number of carbonyl (C=O) groups is 1. The van der Waals surface area contributed by atoms with Gasteiger partial charge in [0.1, 0.15) is 0 Å². The van der Waals surface area contributed by atoms with E-state index < -0.39 is 24.0 Å². The Morgan fingerprint density at radius 2 is 1.59 bits per heavy atom. The molecule has 0 rings (SSSR count). The number of ether oxygens (including phenoxy) is 1. The lowest BCUT2D eigenvalue weighted by molar-refractivity contribution is -0.339. The summed E-state index contributed by atoms with van der Waals surface area (Å²) in [6, 6.07) is 0. The van der Waals surface area contributed by atoms with Crippen LogP contribution < -0.4 is 0 Å². The fourth-order valence-corrected chi connectivity index (χ4v) is 0.553. The number of alkyl halides is 7. The topological polar surface area (TPSA) is 26.3 Å². The number of carbonyl (C=O) groups excluding carboxylic acids is 1. The van der Waals surface area contributed by atoms with E-state index in [-0.39, 0.29) is 12.5 Å². The van der Waals surface area contributed by atoms with Crippen molar-refractivity contribution in [2.75, 3.05) is 6.61 Å². The Morgan fingerprint density at radius 3 is 1.94 bits per heavy atom. The first kappa shape index (κ1) is 15.5. The summed E-state index contributed by atoms with van der Waals surface area (Å²) in [7, 11) is 0. The quantitative estimate of drug-likeness (QED) is 0.332. The van der Waals surface area contributed by atoms with Crippen LogP contribution in [-0.2, 0) is 9.53 Å². The summed E-state index contributed by atoms with van der Waals surface area (Å²) in [5, 5.41) is 0. The molecule has 0 heterocycles. The minimum atomic E-state index is -6.47. The normalized spacial score (nSPS) is 12.7. The number of rotatable bonds is 2. The summed E-state index contributed by atoms with van der Waals surface area (Å²) >= 11 is 0. The Bertz CT molecular complexity index is 347. The highest BCUT2D eigenvalue weighted by molar-refractivity contribution is 5.88. The Hall–Kier alpha value is -1.46. The number of hydrogen-bond donors (Lipinski definition) is 0. The highest BCUT2D eigenvalue weighted by Crippen LogP contribution is 2.45. The zero-order valence-electron chi connectivity index (χ0n) is 8.17. The van der Waals surface area contributed by atoms with Gasteiger partial charge in [-0.2, -0.15) is 30.7 Å². The second kappa shape index (κ2) is 4.81. The van der Waals surface area contributed by atoms with Crippen LogP contribution in [0.3, 0.4) is 0 Å². The fraction of sp³-hybridized carbons (Fsp3) is 0.625. The predicted molar refractivity (Wildman–Crippen MR) is 40.4 cm³/mol. The van der Waals surface area contributed by atoms with Crippen LogP contribution >= 0.6 is 0 Å². The Balaban J connectivity index is 5.09. The van der Waals surface area contributed by atoms with Crippen LogP contribution in [0.1, 0.15) is 6.92 Å². The van der Waals surface area contributed by atoms with E-state index in [9.17, 15) is 35.5 Å². The monoisotopic (exact) mass is 266 g/mol. The molecule has 0 radical (unpaired) electrons. The molecule has 0 fully saturated rings. The summed E-state index contributed by atoms with van der Waals surface area (Å²) in [6.07, 6.45) is -6.47. The molecule has 0 aliphatic carbocycles. The van der Waals surface area contributed by atoms with Crippen LogP contribution in [0.5, 0.6) is 0 Å². The molecule has 0 saturated heterocycles. The maximum atomic E-state index is 12.4. The average molecular weight is 266 g/mol. The van der Waals surface area contributed by atoms with Gasteiger partial charge in [0.05, 0.1) is 6.61 Å². The third-order valence-electron chi connectivity index (χ3n) is 1.35. The molecule has 0 N–H and O–H groups in total. The number of esters is 1. The average Bonchev–Trinajstić information content (AvgIpc) is 2.13. The molecule has 0 aromatic rings. The Kier molecular flexibility index (Phi) is 4.40. The van der Waals surface area contributed by atoms with Crippen LogP contribution in [0.15, 0.2) is 0 Å². The fourth-order valence-electron chi connectivity index (χ4n) is 0.553. The van der Waals surface area contributed by atoms with Gasteiger partial charge in [-0.05, 0) is 12.8 Å². The van der Waals surface area contributed by atoms with Gasteiger partial charge in [-0.3, -0.25) is 0 Å². The molecule has 0 amide bonds. The van der Waals surface area contributed by atoms with Crippen molar-refractivity contribution in [3.8, 4) is 11.8 Å². The number of hydrogen-bond acceptors (Lipinski definition) is 2. The molecule has 0 aromatic heterocycles. The smallest absolute Gasteiger partial charge is 0.456 e. The van der Waals surface area contributed by atoms with Gasteiger partial charge in [0.2, 0.25) is 0 Å². The lowest BCUT2D eigenvalue weighted by atomic mass is 10.1. The van der Waals surface area contributed by atoms with Crippen LogP contribution in [-0.4, -0.2) is 30.6 Å². The van der Waals surface area contributed by atoms with Gasteiger partial charge in [0.15, 0.2) is 0 Å². The van der Waals surface area contributed by atoms with Crippen molar-refractivity contribution in [3.63, 3.8) is 0 Å². The van der Waals surface area contributed by atoms with E-state index in [0.717, 1.165) is 5.92 Å². The molecular formula is C8H5F7O2. The van der Waals surface area contributed by atoms with Gasteiger partial charge in [0, 0.05) is 5.92 Å². The van der Waals surface area contributed by atoms with Crippen LogP contribution in [0.4, 0.5) is 30.7 Å².